The van der Waals surface area contributed by atoms with Crippen molar-refractivity contribution in [3.8, 4) is 11.8 Å². The minimum absolute atomic E-state index is 0.778. The number of hydrogen-bond acceptors (Lipinski definition) is 1. The van der Waals surface area contributed by atoms with Crippen LogP contribution in [-0.2, 0) is 6.54 Å². The van der Waals surface area contributed by atoms with E-state index in [1.165, 1.54) is 48.8 Å². The number of rotatable bonds is 6. The Morgan fingerprint density at radius 3 is 2.21 bits per heavy atom. The number of nitrogens with zero attached hydrogens (tertiary/aromatic N) is 1. The van der Waals surface area contributed by atoms with Crippen LogP contribution < -0.4 is 0 Å². The van der Waals surface area contributed by atoms with Gasteiger partial charge in [-0.25, -0.2) is 0 Å². The SMILES string of the molecule is CCC1CC(c2ccc(C#Cc3ccc(CN(CC)C4CC4)c(C)c3)cc2)C1. The van der Waals surface area contributed by atoms with Crippen molar-refractivity contribution in [3.05, 3.63) is 70.3 Å². The van der Waals surface area contributed by atoms with Crippen molar-refractivity contribution in [2.75, 3.05) is 6.54 Å². The summed E-state index contributed by atoms with van der Waals surface area (Å²) < 4.78 is 0. The quantitative estimate of drug-likeness (QED) is 0.540. The van der Waals surface area contributed by atoms with Crippen molar-refractivity contribution in [2.45, 2.75) is 71.4 Å². The highest BCUT2D eigenvalue weighted by molar-refractivity contribution is 5.46. The lowest BCUT2D eigenvalue weighted by atomic mass is 9.70. The van der Waals surface area contributed by atoms with Gasteiger partial charge in [0.2, 0.25) is 0 Å². The minimum Gasteiger partial charge on any atom is -0.296 e. The molecule has 0 saturated heterocycles. The lowest BCUT2D eigenvalue weighted by molar-refractivity contribution is 0.256. The third-order valence-electron chi connectivity index (χ3n) is 6.73. The van der Waals surface area contributed by atoms with Crippen molar-refractivity contribution in [1.82, 2.24) is 4.90 Å². The maximum atomic E-state index is 3.36. The average molecular weight is 372 g/mol. The van der Waals surface area contributed by atoms with Crippen molar-refractivity contribution < 1.29 is 0 Å². The van der Waals surface area contributed by atoms with Gasteiger partial charge in [0.1, 0.15) is 0 Å². The Morgan fingerprint density at radius 2 is 1.61 bits per heavy atom. The van der Waals surface area contributed by atoms with E-state index in [0.717, 1.165) is 42.1 Å². The van der Waals surface area contributed by atoms with Crippen LogP contribution in [0.1, 0.15) is 79.7 Å². The summed E-state index contributed by atoms with van der Waals surface area (Å²) in [5.74, 6) is 8.44. The Labute approximate surface area is 171 Å². The highest BCUT2D eigenvalue weighted by Gasteiger charge is 2.28. The van der Waals surface area contributed by atoms with Crippen LogP contribution in [0.15, 0.2) is 42.5 Å². The van der Waals surface area contributed by atoms with Crippen LogP contribution in [0.5, 0.6) is 0 Å². The summed E-state index contributed by atoms with van der Waals surface area (Å²) in [6, 6.07) is 16.5. The molecule has 2 fully saturated rings. The monoisotopic (exact) mass is 371 g/mol. The molecule has 0 aromatic heterocycles. The van der Waals surface area contributed by atoms with Gasteiger partial charge in [0.25, 0.3) is 0 Å². The molecule has 2 aliphatic rings. The molecule has 2 aromatic rings. The van der Waals surface area contributed by atoms with Gasteiger partial charge in [-0.1, -0.05) is 50.3 Å². The first-order valence-corrected chi connectivity index (χ1v) is 11.1. The summed E-state index contributed by atoms with van der Waals surface area (Å²) in [6.07, 6.45) is 6.80. The van der Waals surface area contributed by atoms with E-state index in [2.05, 4.69) is 80.0 Å². The van der Waals surface area contributed by atoms with Crippen LogP contribution in [0.2, 0.25) is 0 Å². The molecule has 0 atom stereocenters. The summed E-state index contributed by atoms with van der Waals surface area (Å²) in [5.41, 5.74) is 6.52. The Kier molecular flexibility index (Phi) is 5.88. The first-order valence-electron chi connectivity index (χ1n) is 11.1. The number of benzene rings is 2. The second-order valence-electron chi connectivity index (χ2n) is 8.75. The molecule has 0 bridgehead atoms. The van der Waals surface area contributed by atoms with Crippen LogP contribution in [0.4, 0.5) is 0 Å². The second-order valence-corrected chi connectivity index (χ2v) is 8.75. The molecule has 1 nitrogen and oxygen atoms in total. The van der Waals surface area contributed by atoms with Crippen molar-refractivity contribution >= 4 is 0 Å². The molecule has 0 aliphatic heterocycles. The minimum atomic E-state index is 0.778. The van der Waals surface area contributed by atoms with Gasteiger partial charge in [0, 0.05) is 23.7 Å². The molecule has 4 rings (SSSR count). The fraction of sp³-hybridized carbons (Fsp3) is 0.481. The zero-order valence-corrected chi connectivity index (χ0v) is 17.7. The molecule has 0 amide bonds. The lowest BCUT2D eigenvalue weighted by Gasteiger charge is -2.35. The molecular formula is C27H33N. The summed E-state index contributed by atoms with van der Waals surface area (Å²) >= 11 is 0. The lowest BCUT2D eigenvalue weighted by Crippen LogP contribution is -2.25. The maximum Gasteiger partial charge on any atom is 0.0251 e. The number of aryl methyl sites for hydroxylation is 1. The molecule has 0 unspecified atom stereocenters. The Morgan fingerprint density at radius 1 is 0.929 bits per heavy atom. The van der Waals surface area contributed by atoms with Crippen LogP contribution in [-0.4, -0.2) is 17.5 Å². The van der Waals surface area contributed by atoms with E-state index in [9.17, 15) is 0 Å². The highest BCUT2D eigenvalue weighted by atomic mass is 15.2. The van der Waals surface area contributed by atoms with Crippen LogP contribution in [0, 0.1) is 24.7 Å². The summed E-state index contributed by atoms with van der Waals surface area (Å²) in [7, 11) is 0. The Bertz CT molecular complexity index is 857. The van der Waals surface area contributed by atoms with E-state index < -0.39 is 0 Å². The highest BCUT2D eigenvalue weighted by Crippen LogP contribution is 2.43. The first kappa shape index (κ1) is 19.3. The van der Waals surface area contributed by atoms with Gasteiger partial charge in [0.05, 0.1) is 0 Å². The summed E-state index contributed by atoms with van der Waals surface area (Å²) in [6.45, 7) is 9.01. The normalized spacial score (nSPS) is 21.1. The van der Waals surface area contributed by atoms with E-state index in [1.54, 1.807) is 0 Å². The second kappa shape index (κ2) is 8.54. The summed E-state index contributed by atoms with van der Waals surface area (Å²) in [5, 5.41) is 0. The van der Waals surface area contributed by atoms with Gasteiger partial charge >= 0.3 is 0 Å². The largest absolute Gasteiger partial charge is 0.296 e. The molecule has 28 heavy (non-hydrogen) atoms. The molecule has 146 valence electrons. The number of hydrogen-bond donors (Lipinski definition) is 0. The van der Waals surface area contributed by atoms with E-state index >= 15 is 0 Å². The van der Waals surface area contributed by atoms with E-state index in [0.29, 0.717) is 0 Å². The van der Waals surface area contributed by atoms with Crippen molar-refractivity contribution in [3.63, 3.8) is 0 Å². The van der Waals surface area contributed by atoms with Gasteiger partial charge in [-0.05, 0) is 91.9 Å². The van der Waals surface area contributed by atoms with Gasteiger partial charge in [-0.2, -0.15) is 0 Å². The molecule has 0 heterocycles. The predicted molar refractivity (Wildman–Crippen MR) is 118 cm³/mol. The summed E-state index contributed by atoms with van der Waals surface area (Å²) in [4.78, 5) is 2.60. The van der Waals surface area contributed by atoms with Gasteiger partial charge in [-0.15, -0.1) is 0 Å². The molecule has 2 aliphatic carbocycles. The third-order valence-corrected chi connectivity index (χ3v) is 6.73. The molecule has 1 heteroatoms. The average Bonchev–Trinajstić information content (AvgIpc) is 3.51. The zero-order valence-electron chi connectivity index (χ0n) is 17.7. The standard InChI is InChI=1S/C27H33N/c1-4-21-17-26(18-21)24-11-8-22(9-12-24)6-7-23-10-13-25(20(3)16-23)19-28(5-2)27-14-15-27/h8-13,16,21,26-27H,4-5,14-15,17-19H2,1-3H3. The van der Waals surface area contributed by atoms with Crippen molar-refractivity contribution in [2.24, 2.45) is 5.92 Å². The predicted octanol–water partition coefficient (Wildman–Crippen LogP) is 6.28. The smallest absolute Gasteiger partial charge is 0.0251 e. The van der Waals surface area contributed by atoms with E-state index in [1.807, 2.05) is 0 Å². The Hall–Kier alpha value is -2.04. The first-order chi connectivity index (χ1) is 13.7. The van der Waals surface area contributed by atoms with Crippen LogP contribution in [0.25, 0.3) is 0 Å². The van der Waals surface area contributed by atoms with Crippen LogP contribution in [0.3, 0.4) is 0 Å². The van der Waals surface area contributed by atoms with Gasteiger partial charge in [-0.3, -0.25) is 4.90 Å². The Balaban J connectivity index is 1.39. The van der Waals surface area contributed by atoms with Crippen molar-refractivity contribution in [1.29, 1.82) is 0 Å². The molecule has 0 N–H and O–H groups in total. The maximum absolute atomic E-state index is 3.36. The fourth-order valence-electron chi connectivity index (χ4n) is 4.43. The van der Waals surface area contributed by atoms with E-state index in [4.69, 9.17) is 0 Å². The van der Waals surface area contributed by atoms with E-state index in [-0.39, 0.29) is 0 Å². The zero-order chi connectivity index (χ0) is 19.5. The van der Waals surface area contributed by atoms with Crippen LogP contribution >= 0.6 is 0 Å². The fourth-order valence-corrected chi connectivity index (χ4v) is 4.43. The molecular weight excluding hydrogens is 338 g/mol. The molecule has 0 spiro atoms. The molecule has 0 radical (unpaired) electrons. The molecule has 2 saturated carbocycles. The van der Waals surface area contributed by atoms with Gasteiger partial charge < -0.3 is 0 Å². The topological polar surface area (TPSA) is 3.24 Å². The third kappa shape index (κ3) is 4.50. The van der Waals surface area contributed by atoms with Gasteiger partial charge in [0.15, 0.2) is 0 Å². The molecule has 2 aromatic carbocycles.